The Labute approximate surface area is 488 Å². The minimum atomic E-state index is -1.77. The number of aliphatic hydroxyl groups is 1. The first-order valence-corrected chi connectivity index (χ1v) is 29.1. The van der Waals surface area contributed by atoms with Crippen LogP contribution in [0.25, 0.3) is 0 Å². The number of esters is 2. The molecule has 2 aromatic carbocycles. The first-order chi connectivity index (χ1) is 39.1. The molecule has 22 nitrogen and oxygen atoms in total. The molecule has 460 valence electrons. The van der Waals surface area contributed by atoms with Crippen molar-refractivity contribution in [3.05, 3.63) is 65.7 Å². The van der Waals surface area contributed by atoms with Gasteiger partial charge in [-0.05, 0) is 100 Å². The van der Waals surface area contributed by atoms with Gasteiger partial charge in [0.15, 0.2) is 11.9 Å². The molecule has 83 heavy (non-hydrogen) atoms. The highest BCUT2D eigenvalue weighted by atomic mass is 16.6. The molecule has 4 rings (SSSR count). The number of nitrogens with one attached hydrogen (secondary N) is 5. The lowest BCUT2D eigenvalue weighted by Crippen LogP contribution is -2.62. The van der Waals surface area contributed by atoms with Crippen molar-refractivity contribution < 1.29 is 72.0 Å². The van der Waals surface area contributed by atoms with Crippen molar-refractivity contribution in [1.82, 2.24) is 36.4 Å². The lowest BCUT2D eigenvalue weighted by atomic mass is 9.91. The van der Waals surface area contributed by atoms with Crippen molar-refractivity contribution in [2.24, 2.45) is 29.6 Å². The number of likely N-dealkylation sites (N-methyl/N-ethyl adjacent to an activating group) is 1. The summed E-state index contributed by atoms with van der Waals surface area (Å²) in [4.78, 5) is 146. The summed E-state index contributed by atoms with van der Waals surface area (Å²) in [6.45, 7) is 20.0. The summed E-state index contributed by atoms with van der Waals surface area (Å²) in [5, 5.41) is 25.5. The summed E-state index contributed by atoms with van der Waals surface area (Å²) >= 11 is 0. The number of benzene rings is 2. The molecule has 0 aliphatic carbocycles. The van der Waals surface area contributed by atoms with E-state index >= 15 is 0 Å². The van der Waals surface area contributed by atoms with E-state index in [9.17, 15) is 53.1 Å². The highest BCUT2D eigenvalue weighted by Gasteiger charge is 2.44. The highest BCUT2D eigenvalue weighted by molar-refractivity contribution is 6.05. The predicted molar refractivity (Wildman–Crippen MR) is 307 cm³/mol. The number of ketones is 1. The van der Waals surface area contributed by atoms with Crippen LogP contribution in [0.2, 0.25) is 0 Å². The summed E-state index contributed by atoms with van der Waals surface area (Å²) in [5.41, 5.74) is 1.39. The fourth-order valence-corrected chi connectivity index (χ4v) is 10.1. The van der Waals surface area contributed by atoms with Crippen LogP contribution < -0.4 is 31.3 Å². The monoisotopic (exact) mass is 1160 g/mol. The minimum Gasteiger partial charge on any atom is -0.497 e. The second-order valence-corrected chi connectivity index (χ2v) is 23.4. The van der Waals surface area contributed by atoms with E-state index in [1.54, 1.807) is 58.9 Å². The normalized spacial score (nSPS) is 25.2. The zero-order chi connectivity index (χ0) is 62.0. The van der Waals surface area contributed by atoms with Crippen LogP contribution in [-0.4, -0.2) is 161 Å². The van der Waals surface area contributed by atoms with E-state index in [2.05, 4.69) is 26.6 Å². The van der Waals surface area contributed by atoms with Crippen LogP contribution in [0.5, 0.6) is 5.75 Å². The first kappa shape index (κ1) is 68.6. The summed E-state index contributed by atoms with van der Waals surface area (Å²) < 4.78 is 22.9. The molecule has 0 radical (unpaired) electrons. The van der Waals surface area contributed by atoms with Crippen LogP contribution in [0, 0.1) is 29.6 Å². The standard InChI is InChI=1S/C61H91N7O15/c1-15-36(8)50-48(69)31-49(70)83-53(35(6)7)52(71)37(9)54(72)63-44(28-33(2)3)60(78)68-27-19-22-46(68)56(74)64-45(30-41-23-25-43(80-14)26-24-41)61(79)82-39(11)51(58(76)65-50)66-57(75)47(29-34(4)5)67(13)59(77)38(10)62-55(73)40(12)81-32-42-20-17-16-18-21-42/h16-18,20-21,23-26,33-40,44-48,50-51,53,69H,15,19,22,27-32H2,1-14H3,(H,62,73)(H,63,72)(H,64,74)(H,65,76)(H,66,75)/t36-,37-,38-,39-,40-,44+,45-,46-,47+,48+,50-,51-,53+/m0/s1. The Hall–Kier alpha value is -6.94. The second kappa shape index (κ2) is 32.2. The molecule has 13 atom stereocenters. The number of rotatable bonds is 19. The average molecular weight is 1160 g/mol. The van der Waals surface area contributed by atoms with Gasteiger partial charge in [0.25, 0.3) is 0 Å². The topological polar surface area (TPSA) is 294 Å². The minimum absolute atomic E-state index is 0.0574. The van der Waals surface area contributed by atoms with E-state index in [1.165, 1.54) is 39.8 Å². The van der Waals surface area contributed by atoms with Gasteiger partial charge in [0.2, 0.25) is 41.4 Å². The van der Waals surface area contributed by atoms with Gasteiger partial charge in [-0.1, -0.05) is 104 Å². The maximum Gasteiger partial charge on any atom is 0.329 e. The maximum absolute atomic E-state index is 15.0. The molecule has 2 aliphatic heterocycles. The number of aliphatic hydroxyl groups excluding tert-OH is 1. The van der Waals surface area contributed by atoms with Crippen molar-refractivity contribution in [3.8, 4) is 5.75 Å². The average Bonchev–Trinajstić information content (AvgIpc) is 4.04. The third-order valence-corrected chi connectivity index (χ3v) is 15.3. The predicted octanol–water partition coefficient (Wildman–Crippen LogP) is 3.71. The fraction of sp³-hybridized carbons (Fsp3) is 0.639. The molecule has 2 aromatic rings. The number of methoxy groups -OCH3 is 1. The third-order valence-electron chi connectivity index (χ3n) is 15.3. The van der Waals surface area contributed by atoms with E-state index in [0.717, 1.165) is 10.5 Å². The zero-order valence-corrected chi connectivity index (χ0v) is 50.9. The van der Waals surface area contributed by atoms with Crippen LogP contribution in [0.15, 0.2) is 54.6 Å². The molecule has 0 unspecified atom stereocenters. The SMILES string of the molecule is CC[C@H](C)[C@@H]1NC(=O)[C@@H](NC(=O)[C@@H](CC(C)C)N(C)C(=O)[C@H](C)NC(=O)[C@H](C)OCc2ccccc2)[C@H](C)OC(=O)[C@H](Cc2ccc(OC)cc2)NC(=O)[C@@H]2CCCN2C(=O)[C@@H](CC(C)C)NC(=O)[C@@H](C)C(=O)[C@@H](C(C)C)OC(=O)C[C@H]1O. The molecular formula is C61H91N7O15. The number of hydrogen-bond acceptors (Lipinski definition) is 15. The van der Waals surface area contributed by atoms with Gasteiger partial charge in [-0.15, -0.1) is 0 Å². The van der Waals surface area contributed by atoms with E-state index in [-0.39, 0.29) is 50.7 Å². The van der Waals surface area contributed by atoms with Crippen LogP contribution in [0.1, 0.15) is 133 Å². The van der Waals surface area contributed by atoms with Crippen molar-refractivity contribution in [2.45, 2.75) is 201 Å². The molecule has 7 amide bonds. The number of ether oxygens (including phenoxy) is 4. The molecular weight excluding hydrogens is 1070 g/mol. The summed E-state index contributed by atoms with van der Waals surface area (Å²) in [6.07, 6.45) is -5.41. The molecule has 0 saturated carbocycles. The molecule has 6 N–H and O–H groups in total. The molecule has 2 aliphatic rings. The Morgan fingerprint density at radius 1 is 0.795 bits per heavy atom. The molecule has 0 spiro atoms. The molecule has 0 bridgehead atoms. The van der Waals surface area contributed by atoms with Gasteiger partial charge >= 0.3 is 11.9 Å². The zero-order valence-electron chi connectivity index (χ0n) is 50.9. The lowest BCUT2D eigenvalue weighted by Gasteiger charge is -2.35. The van der Waals surface area contributed by atoms with Crippen molar-refractivity contribution in [2.75, 3.05) is 20.7 Å². The molecule has 0 aromatic heterocycles. The van der Waals surface area contributed by atoms with Gasteiger partial charge in [0.1, 0.15) is 54.2 Å². The van der Waals surface area contributed by atoms with Gasteiger partial charge in [-0.3, -0.25) is 43.2 Å². The lowest BCUT2D eigenvalue weighted by molar-refractivity contribution is -0.162. The van der Waals surface area contributed by atoms with Crippen molar-refractivity contribution >= 4 is 59.1 Å². The summed E-state index contributed by atoms with van der Waals surface area (Å²) in [6, 6.07) is 6.69. The first-order valence-electron chi connectivity index (χ1n) is 29.1. The fourth-order valence-electron chi connectivity index (χ4n) is 10.1. The van der Waals surface area contributed by atoms with E-state index in [4.69, 9.17) is 18.9 Å². The Bertz CT molecular complexity index is 2540. The summed E-state index contributed by atoms with van der Waals surface area (Å²) in [5.74, 6) is -10.5. The Kier molecular flexibility index (Phi) is 26.6. The number of cyclic esters (lactones) is 2. The Morgan fingerprint density at radius 2 is 1.43 bits per heavy atom. The van der Waals surface area contributed by atoms with Crippen LogP contribution in [0.4, 0.5) is 0 Å². The molecule has 2 heterocycles. The number of Topliss-reactive ketones (excluding diaryl/α,β-unsaturated/α-hetero) is 1. The van der Waals surface area contributed by atoms with Crippen LogP contribution >= 0.6 is 0 Å². The number of amides is 7. The van der Waals surface area contributed by atoms with Gasteiger partial charge in [-0.2, -0.15) is 0 Å². The van der Waals surface area contributed by atoms with E-state index in [1.807, 2.05) is 58.0 Å². The maximum atomic E-state index is 15.0. The molecule has 22 heteroatoms. The molecule has 2 fully saturated rings. The van der Waals surface area contributed by atoms with E-state index in [0.29, 0.717) is 24.2 Å². The van der Waals surface area contributed by atoms with Crippen LogP contribution in [0.3, 0.4) is 0 Å². The largest absolute Gasteiger partial charge is 0.497 e. The van der Waals surface area contributed by atoms with Gasteiger partial charge < -0.3 is 60.4 Å². The van der Waals surface area contributed by atoms with E-state index < -0.39 is 150 Å². The smallest absolute Gasteiger partial charge is 0.329 e. The van der Waals surface area contributed by atoms with Gasteiger partial charge in [0, 0.05) is 20.0 Å². The Morgan fingerprint density at radius 3 is 2.02 bits per heavy atom. The van der Waals surface area contributed by atoms with Gasteiger partial charge in [-0.25, -0.2) is 4.79 Å². The number of hydrogen-bond donors (Lipinski definition) is 6. The second-order valence-electron chi connectivity index (χ2n) is 23.4. The van der Waals surface area contributed by atoms with Crippen molar-refractivity contribution in [3.63, 3.8) is 0 Å². The quantitative estimate of drug-likeness (QED) is 0.0864. The Balaban J connectivity index is 1.80. The highest BCUT2D eigenvalue weighted by Crippen LogP contribution is 2.25. The number of nitrogens with zero attached hydrogens (tertiary/aromatic N) is 2. The number of carbonyl (C=O) groups excluding carboxylic acids is 10. The van der Waals surface area contributed by atoms with Crippen LogP contribution in [-0.2, 0) is 75.2 Å². The number of fused-ring (bicyclic) bond motifs is 1. The van der Waals surface area contributed by atoms with Gasteiger partial charge in [0.05, 0.1) is 38.2 Å². The number of carbonyl (C=O) groups is 10. The molecule has 2 saturated heterocycles. The summed E-state index contributed by atoms with van der Waals surface area (Å²) in [7, 11) is 2.87. The third kappa shape index (κ3) is 19.9. The van der Waals surface area contributed by atoms with Crippen molar-refractivity contribution in [1.29, 1.82) is 0 Å².